The molecule has 0 aromatic heterocycles. The number of hydrogen-bond donors (Lipinski definition) is 4. The Morgan fingerprint density at radius 2 is 2.14 bits per heavy atom. The van der Waals surface area contributed by atoms with Crippen molar-refractivity contribution in [3.8, 4) is 5.75 Å². The molecule has 0 atom stereocenters. The molecule has 14 heavy (non-hydrogen) atoms. The lowest BCUT2D eigenvalue weighted by Crippen LogP contribution is -2.20. The second-order valence-corrected chi connectivity index (χ2v) is 2.40. The minimum atomic E-state index is -1.92. The van der Waals surface area contributed by atoms with E-state index in [1.165, 1.54) is 24.3 Å². The van der Waals surface area contributed by atoms with Crippen molar-refractivity contribution in [3.05, 3.63) is 24.3 Å². The van der Waals surface area contributed by atoms with Crippen LogP contribution in [0.2, 0.25) is 0 Å². The van der Waals surface area contributed by atoms with Crippen LogP contribution in [0.15, 0.2) is 24.3 Å². The predicted molar refractivity (Wildman–Crippen MR) is 48.9 cm³/mol. The monoisotopic (exact) mass is 197 g/mol. The van der Waals surface area contributed by atoms with Gasteiger partial charge in [-0.1, -0.05) is 6.07 Å². The average Bonchev–Trinajstić information content (AvgIpc) is 2.01. The largest absolute Gasteiger partial charge is 0.707 e. The van der Waals surface area contributed by atoms with Gasteiger partial charge >= 0.3 is 13.4 Å². The molecule has 6 nitrogen and oxygen atoms in total. The SMILES string of the molecule is O=C(O)Nc1cccc(OB(O)O)c1. The summed E-state index contributed by atoms with van der Waals surface area (Å²) in [4.78, 5) is 10.3. The van der Waals surface area contributed by atoms with Gasteiger partial charge in [-0.05, 0) is 12.1 Å². The van der Waals surface area contributed by atoms with Gasteiger partial charge in [0, 0.05) is 11.8 Å². The Hall–Kier alpha value is -1.73. The first kappa shape index (κ1) is 10.4. The molecular weight excluding hydrogens is 189 g/mol. The minimum absolute atomic E-state index is 0.159. The maximum absolute atomic E-state index is 10.3. The van der Waals surface area contributed by atoms with Crippen molar-refractivity contribution in [2.75, 3.05) is 5.32 Å². The Labute approximate surface area is 79.9 Å². The molecule has 0 saturated carbocycles. The fourth-order valence-electron chi connectivity index (χ4n) is 0.892. The van der Waals surface area contributed by atoms with Gasteiger partial charge in [0.2, 0.25) is 0 Å². The maximum Gasteiger partial charge on any atom is 0.707 e. The van der Waals surface area contributed by atoms with E-state index in [1.807, 2.05) is 0 Å². The third-order valence-corrected chi connectivity index (χ3v) is 1.33. The van der Waals surface area contributed by atoms with Crippen LogP contribution < -0.4 is 9.97 Å². The van der Waals surface area contributed by atoms with E-state index >= 15 is 0 Å². The van der Waals surface area contributed by atoms with Crippen molar-refractivity contribution in [3.63, 3.8) is 0 Å². The molecule has 1 aromatic carbocycles. The number of hydrogen-bond acceptors (Lipinski definition) is 4. The number of rotatable bonds is 3. The number of carboxylic acid groups (broad SMARTS) is 1. The van der Waals surface area contributed by atoms with Crippen molar-refractivity contribution < 1.29 is 24.6 Å². The lowest BCUT2D eigenvalue weighted by molar-refractivity contribution is 0.210. The zero-order chi connectivity index (χ0) is 10.6. The molecule has 1 amide bonds. The lowest BCUT2D eigenvalue weighted by atomic mass is 10.2. The summed E-state index contributed by atoms with van der Waals surface area (Å²) in [5, 5.41) is 27.4. The molecule has 0 saturated heterocycles. The highest BCUT2D eigenvalue weighted by Crippen LogP contribution is 2.17. The van der Waals surface area contributed by atoms with Gasteiger partial charge in [0.25, 0.3) is 0 Å². The van der Waals surface area contributed by atoms with Crippen molar-refractivity contribution in [2.45, 2.75) is 0 Å². The van der Waals surface area contributed by atoms with Gasteiger partial charge in [0.05, 0.1) is 0 Å². The molecule has 0 bridgehead atoms. The summed E-state index contributed by atoms with van der Waals surface area (Å²) < 4.78 is 4.51. The maximum atomic E-state index is 10.3. The van der Waals surface area contributed by atoms with E-state index in [4.69, 9.17) is 15.2 Å². The summed E-state index contributed by atoms with van der Waals surface area (Å²) in [6.45, 7) is 0. The molecular formula is C7H8BNO5. The molecule has 74 valence electrons. The molecule has 0 aliphatic rings. The van der Waals surface area contributed by atoms with E-state index in [9.17, 15) is 4.79 Å². The molecule has 7 heteroatoms. The standard InChI is InChI=1S/C7H8BNO5/c10-7(11)9-5-2-1-3-6(4-5)14-8(12)13/h1-4,9,12-13H,(H,10,11). The molecule has 0 radical (unpaired) electrons. The topological polar surface area (TPSA) is 99.0 Å². The third kappa shape index (κ3) is 3.34. The quantitative estimate of drug-likeness (QED) is 0.516. The number of nitrogens with one attached hydrogen (secondary N) is 1. The van der Waals surface area contributed by atoms with Crippen LogP contribution in [0, 0.1) is 0 Å². The van der Waals surface area contributed by atoms with Gasteiger partial charge in [0.1, 0.15) is 5.75 Å². The highest BCUT2D eigenvalue weighted by atomic mass is 16.6. The van der Waals surface area contributed by atoms with Gasteiger partial charge in [-0.2, -0.15) is 0 Å². The Kier molecular flexibility index (Phi) is 3.32. The van der Waals surface area contributed by atoms with Gasteiger partial charge in [-0.15, -0.1) is 0 Å². The molecule has 0 unspecified atom stereocenters. The Bertz CT molecular complexity index is 330. The highest BCUT2D eigenvalue weighted by Gasteiger charge is 2.11. The van der Waals surface area contributed by atoms with E-state index in [-0.39, 0.29) is 11.4 Å². The fourth-order valence-corrected chi connectivity index (χ4v) is 0.892. The number of benzene rings is 1. The fraction of sp³-hybridized carbons (Fsp3) is 0. The molecule has 1 aromatic rings. The van der Waals surface area contributed by atoms with E-state index in [2.05, 4.69) is 9.97 Å². The molecule has 1 rings (SSSR count). The zero-order valence-corrected chi connectivity index (χ0v) is 7.04. The van der Waals surface area contributed by atoms with Crippen LogP contribution in [0.3, 0.4) is 0 Å². The van der Waals surface area contributed by atoms with Gasteiger partial charge < -0.3 is 19.8 Å². The van der Waals surface area contributed by atoms with Crippen molar-refractivity contribution in [2.24, 2.45) is 0 Å². The molecule has 0 spiro atoms. The smallest absolute Gasteiger partial charge is 0.512 e. The zero-order valence-electron chi connectivity index (χ0n) is 7.04. The van der Waals surface area contributed by atoms with Gasteiger partial charge in [0.15, 0.2) is 0 Å². The first-order valence-electron chi connectivity index (χ1n) is 3.71. The summed E-state index contributed by atoms with van der Waals surface area (Å²) in [6, 6.07) is 5.81. The summed E-state index contributed by atoms with van der Waals surface area (Å²) in [6.07, 6.45) is -1.20. The van der Waals surface area contributed by atoms with E-state index in [0.717, 1.165) is 0 Å². The second kappa shape index (κ2) is 4.49. The highest BCUT2D eigenvalue weighted by molar-refractivity contribution is 6.33. The first-order valence-corrected chi connectivity index (χ1v) is 3.71. The lowest BCUT2D eigenvalue weighted by Gasteiger charge is -2.06. The van der Waals surface area contributed by atoms with Crippen LogP contribution in [0.4, 0.5) is 10.5 Å². The normalized spacial score (nSPS) is 9.29. The molecule has 0 fully saturated rings. The van der Waals surface area contributed by atoms with Crippen molar-refractivity contribution in [1.29, 1.82) is 0 Å². The first-order chi connectivity index (χ1) is 6.58. The summed E-state index contributed by atoms with van der Waals surface area (Å²) in [5.74, 6) is 0.159. The van der Waals surface area contributed by atoms with Crippen molar-refractivity contribution in [1.82, 2.24) is 0 Å². The van der Waals surface area contributed by atoms with Crippen LogP contribution in [-0.4, -0.2) is 28.6 Å². The van der Waals surface area contributed by atoms with Crippen LogP contribution >= 0.6 is 0 Å². The Morgan fingerprint density at radius 3 is 2.71 bits per heavy atom. The van der Waals surface area contributed by atoms with Crippen LogP contribution in [0.5, 0.6) is 5.75 Å². The Morgan fingerprint density at radius 1 is 1.43 bits per heavy atom. The van der Waals surface area contributed by atoms with E-state index < -0.39 is 13.4 Å². The summed E-state index contributed by atoms with van der Waals surface area (Å²) in [7, 11) is -1.92. The minimum Gasteiger partial charge on any atom is -0.512 e. The molecule has 0 heterocycles. The van der Waals surface area contributed by atoms with Crippen molar-refractivity contribution >= 4 is 19.1 Å². The number of carbonyl (C=O) groups is 1. The van der Waals surface area contributed by atoms with E-state index in [1.54, 1.807) is 0 Å². The second-order valence-electron chi connectivity index (χ2n) is 2.40. The summed E-state index contributed by atoms with van der Waals surface area (Å²) >= 11 is 0. The number of amides is 1. The van der Waals surface area contributed by atoms with Crippen LogP contribution in [0.1, 0.15) is 0 Å². The van der Waals surface area contributed by atoms with Gasteiger partial charge in [-0.3, -0.25) is 5.32 Å². The molecule has 4 N–H and O–H groups in total. The van der Waals surface area contributed by atoms with E-state index in [0.29, 0.717) is 0 Å². The third-order valence-electron chi connectivity index (χ3n) is 1.33. The summed E-state index contributed by atoms with van der Waals surface area (Å²) in [5.41, 5.74) is 0.288. The molecule has 0 aliphatic carbocycles. The average molecular weight is 197 g/mol. The van der Waals surface area contributed by atoms with Gasteiger partial charge in [-0.25, -0.2) is 4.79 Å². The van der Waals surface area contributed by atoms with Crippen LogP contribution in [0.25, 0.3) is 0 Å². The Balaban J connectivity index is 2.73. The number of anilines is 1. The molecule has 0 aliphatic heterocycles. The predicted octanol–water partition coefficient (Wildman–Crippen LogP) is 0.125. The van der Waals surface area contributed by atoms with Crippen LogP contribution in [-0.2, 0) is 0 Å².